The minimum atomic E-state index is -0.711. The Labute approximate surface area is 188 Å². The van der Waals surface area contributed by atoms with Crippen molar-refractivity contribution in [1.82, 2.24) is 5.32 Å². The number of ether oxygens (including phenoxy) is 2. The van der Waals surface area contributed by atoms with Gasteiger partial charge in [-0.05, 0) is 62.2 Å². The number of hydrogen-bond donors (Lipinski definition) is 2. The van der Waals surface area contributed by atoms with Gasteiger partial charge in [0.15, 0.2) is 11.5 Å². The number of nitriles is 1. The van der Waals surface area contributed by atoms with Gasteiger partial charge in [-0.25, -0.2) is 4.90 Å². The van der Waals surface area contributed by atoms with Gasteiger partial charge in [-0.3, -0.25) is 9.59 Å². The van der Waals surface area contributed by atoms with Crippen molar-refractivity contribution in [1.29, 1.82) is 5.26 Å². The van der Waals surface area contributed by atoms with Gasteiger partial charge in [-0.1, -0.05) is 6.07 Å². The van der Waals surface area contributed by atoms with E-state index in [4.69, 9.17) is 15.2 Å². The van der Waals surface area contributed by atoms with Crippen molar-refractivity contribution in [3.63, 3.8) is 0 Å². The quantitative estimate of drug-likeness (QED) is 0.254. The number of nitrogens with one attached hydrogen (secondary N) is 1. The van der Waals surface area contributed by atoms with Crippen LogP contribution in [0.15, 0.2) is 54.2 Å². The second kappa shape index (κ2) is 12.0. The van der Waals surface area contributed by atoms with Gasteiger partial charge in [0.1, 0.15) is 11.6 Å². The molecule has 8 heteroatoms. The molecule has 168 valence electrons. The highest BCUT2D eigenvalue weighted by Gasteiger charge is 2.23. The maximum atomic E-state index is 12.8. The molecule has 0 aromatic heterocycles. The topological polar surface area (TPSA) is 118 Å². The minimum absolute atomic E-state index is 0.182. The van der Waals surface area contributed by atoms with E-state index in [0.717, 1.165) is 10.5 Å². The highest BCUT2D eigenvalue weighted by Crippen LogP contribution is 2.28. The highest BCUT2D eigenvalue weighted by atomic mass is 16.5. The SMILES string of the molecule is CCOc1ccc(CCN/C=C(/C#N)C(=O)N(C(C)=O)c2ccc(N)cc2)cc1OCC. The third-order valence-electron chi connectivity index (χ3n) is 4.43. The van der Waals surface area contributed by atoms with Gasteiger partial charge in [0.25, 0.3) is 5.91 Å². The van der Waals surface area contributed by atoms with Crippen LogP contribution in [0, 0.1) is 11.3 Å². The van der Waals surface area contributed by atoms with E-state index >= 15 is 0 Å². The van der Waals surface area contributed by atoms with E-state index in [1.807, 2.05) is 38.1 Å². The number of carbonyl (C=O) groups excluding carboxylic acids is 2. The second-order valence-corrected chi connectivity index (χ2v) is 6.77. The smallest absolute Gasteiger partial charge is 0.277 e. The molecule has 0 saturated heterocycles. The van der Waals surface area contributed by atoms with E-state index < -0.39 is 11.8 Å². The van der Waals surface area contributed by atoms with Crippen LogP contribution in [0.5, 0.6) is 11.5 Å². The molecule has 0 spiro atoms. The number of imide groups is 1. The predicted molar refractivity (Wildman–Crippen MR) is 123 cm³/mol. The lowest BCUT2D eigenvalue weighted by molar-refractivity contribution is -0.123. The lowest BCUT2D eigenvalue weighted by Gasteiger charge is -2.19. The Morgan fingerprint density at radius 1 is 1.09 bits per heavy atom. The van der Waals surface area contributed by atoms with E-state index in [9.17, 15) is 14.9 Å². The van der Waals surface area contributed by atoms with Crippen molar-refractivity contribution >= 4 is 23.2 Å². The van der Waals surface area contributed by atoms with Crippen molar-refractivity contribution in [2.45, 2.75) is 27.2 Å². The second-order valence-electron chi connectivity index (χ2n) is 6.77. The molecule has 2 amide bonds. The Bertz CT molecular complexity index is 1010. The summed E-state index contributed by atoms with van der Waals surface area (Å²) < 4.78 is 11.2. The Morgan fingerprint density at radius 2 is 1.75 bits per heavy atom. The van der Waals surface area contributed by atoms with Crippen molar-refractivity contribution in [3.05, 3.63) is 59.8 Å². The fourth-order valence-corrected chi connectivity index (χ4v) is 2.97. The molecule has 0 heterocycles. The number of benzene rings is 2. The summed E-state index contributed by atoms with van der Waals surface area (Å²) in [6.07, 6.45) is 1.96. The van der Waals surface area contributed by atoms with Crippen LogP contribution in [0.3, 0.4) is 0 Å². The van der Waals surface area contributed by atoms with Crippen LogP contribution in [0.1, 0.15) is 26.3 Å². The van der Waals surface area contributed by atoms with Gasteiger partial charge >= 0.3 is 0 Å². The first-order valence-corrected chi connectivity index (χ1v) is 10.3. The highest BCUT2D eigenvalue weighted by molar-refractivity contribution is 6.21. The van der Waals surface area contributed by atoms with Crippen LogP contribution >= 0.6 is 0 Å². The molecule has 0 aliphatic carbocycles. The van der Waals surface area contributed by atoms with Gasteiger partial charge < -0.3 is 20.5 Å². The number of nitrogens with two attached hydrogens (primary N) is 1. The number of hydrogen-bond acceptors (Lipinski definition) is 7. The molecular weight excluding hydrogens is 408 g/mol. The van der Waals surface area contributed by atoms with Gasteiger partial charge in [-0.15, -0.1) is 0 Å². The largest absolute Gasteiger partial charge is 0.490 e. The van der Waals surface area contributed by atoms with E-state index in [0.29, 0.717) is 49.1 Å². The molecule has 2 aromatic rings. The fourth-order valence-electron chi connectivity index (χ4n) is 2.97. The normalized spacial score (nSPS) is 10.8. The zero-order valence-corrected chi connectivity index (χ0v) is 18.6. The van der Waals surface area contributed by atoms with Crippen LogP contribution in [0.2, 0.25) is 0 Å². The van der Waals surface area contributed by atoms with E-state index in [1.165, 1.54) is 13.1 Å². The number of rotatable bonds is 10. The van der Waals surface area contributed by atoms with E-state index in [1.54, 1.807) is 24.3 Å². The molecule has 2 rings (SSSR count). The molecule has 8 nitrogen and oxygen atoms in total. The summed E-state index contributed by atoms with van der Waals surface area (Å²) in [7, 11) is 0. The zero-order chi connectivity index (χ0) is 23.5. The molecule has 32 heavy (non-hydrogen) atoms. The maximum Gasteiger partial charge on any atom is 0.277 e. The molecule has 3 N–H and O–H groups in total. The predicted octanol–water partition coefficient (Wildman–Crippen LogP) is 3.19. The standard InChI is InChI=1S/C24H28N4O4/c1-4-31-22-11-6-18(14-23(22)32-5-2)12-13-27-16-19(15-25)24(30)28(17(3)29)21-9-7-20(26)8-10-21/h6-11,14,16,27H,4-5,12-13,26H2,1-3H3/b19-16-. The van der Waals surface area contributed by atoms with Crippen LogP contribution in [0.25, 0.3) is 0 Å². The molecule has 2 aromatic carbocycles. The summed E-state index contributed by atoms with van der Waals surface area (Å²) in [5.74, 6) is 0.155. The maximum absolute atomic E-state index is 12.8. The van der Waals surface area contributed by atoms with E-state index in [-0.39, 0.29) is 5.57 Å². The summed E-state index contributed by atoms with van der Waals surface area (Å²) in [4.78, 5) is 25.8. The van der Waals surface area contributed by atoms with Crippen molar-refractivity contribution in [2.24, 2.45) is 0 Å². The lowest BCUT2D eigenvalue weighted by atomic mass is 10.1. The summed E-state index contributed by atoms with van der Waals surface area (Å²) >= 11 is 0. The molecule has 0 unspecified atom stereocenters. The van der Waals surface area contributed by atoms with E-state index in [2.05, 4.69) is 5.32 Å². The molecule has 0 aliphatic heterocycles. The summed E-state index contributed by atoms with van der Waals surface area (Å²) in [5, 5.41) is 12.4. The van der Waals surface area contributed by atoms with Gasteiger partial charge in [0, 0.05) is 25.4 Å². The van der Waals surface area contributed by atoms with Crippen LogP contribution in [-0.4, -0.2) is 31.6 Å². The molecule has 0 bridgehead atoms. The van der Waals surface area contributed by atoms with Crippen LogP contribution < -0.4 is 25.4 Å². The summed E-state index contributed by atoms with van der Waals surface area (Å²) in [5.41, 5.74) is 7.34. The number of amides is 2. The minimum Gasteiger partial charge on any atom is -0.490 e. The zero-order valence-electron chi connectivity index (χ0n) is 18.6. The Kier molecular flexibility index (Phi) is 9.11. The summed E-state index contributed by atoms with van der Waals surface area (Å²) in [6, 6.07) is 13.8. The average molecular weight is 437 g/mol. The van der Waals surface area contributed by atoms with Crippen molar-refractivity contribution in [3.8, 4) is 17.6 Å². The number of carbonyl (C=O) groups is 2. The average Bonchev–Trinajstić information content (AvgIpc) is 2.77. The van der Waals surface area contributed by atoms with Crippen LogP contribution in [0.4, 0.5) is 11.4 Å². The first kappa shape index (κ1) is 24.3. The van der Waals surface area contributed by atoms with Crippen molar-refractivity contribution in [2.75, 3.05) is 30.4 Å². The molecular formula is C24H28N4O4. The third-order valence-corrected chi connectivity index (χ3v) is 4.43. The Morgan fingerprint density at radius 3 is 2.34 bits per heavy atom. The van der Waals surface area contributed by atoms with Crippen molar-refractivity contribution < 1.29 is 19.1 Å². The fraction of sp³-hybridized carbons (Fsp3) is 0.292. The first-order chi connectivity index (χ1) is 15.4. The monoisotopic (exact) mass is 436 g/mol. The summed E-state index contributed by atoms with van der Waals surface area (Å²) in [6.45, 7) is 6.63. The lowest BCUT2D eigenvalue weighted by Crippen LogP contribution is -2.36. The molecule has 0 aliphatic rings. The van der Waals surface area contributed by atoms with Gasteiger partial charge in [0.2, 0.25) is 5.91 Å². The molecule has 0 radical (unpaired) electrons. The molecule has 0 fully saturated rings. The van der Waals surface area contributed by atoms with Gasteiger partial charge in [-0.2, -0.15) is 5.26 Å². The Hall–Kier alpha value is -3.99. The Balaban J connectivity index is 2.07. The van der Waals surface area contributed by atoms with Gasteiger partial charge in [0.05, 0.1) is 18.9 Å². The molecule has 0 atom stereocenters. The number of nitrogen functional groups attached to an aromatic ring is 1. The first-order valence-electron chi connectivity index (χ1n) is 10.3. The number of nitrogens with zero attached hydrogens (tertiary/aromatic N) is 2. The third kappa shape index (κ3) is 6.51. The van der Waals surface area contributed by atoms with Crippen LogP contribution in [-0.2, 0) is 16.0 Å². The molecule has 0 saturated carbocycles. The number of anilines is 2.